The average molecular weight is 208 g/mol. The highest BCUT2D eigenvalue weighted by atomic mass is 19.1. The maximum Gasteiger partial charge on any atom is 0.218 e. The first-order chi connectivity index (χ1) is 7.19. The quantitative estimate of drug-likeness (QED) is 0.708. The van der Waals surface area contributed by atoms with Crippen molar-refractivity contribution < 1.29 is 13.6 Å². The number of oxime groups is 1. The van der Waals surface area contributed by atoms with Gasteiger partial charge in [-0.2, -0.15) is 5.26 Å². The Kier molecular flexibility index (Phi) is 2.34. The van der Waals surface area contributed by atoms with Crippen LogP contribution in [-0.2, 0) is 4.84 Å². The molecule has 1 aromatic rings. The maximum absolute atomic E-state index is 12.9. The molecule has 1 aliphatic rings. The predicted molar refractivity (Wildman–Crippen MR) is 48.0 cm³/mol. The molecular weight excluding hydrogens is 202 g/mol. The number of rotatable bonds is 1. The minimum Gasteiger partial charge on any atom is -0.376 e. The number of hydrogen-bond donors (Lipinski definition) is 0. The number of nitriles is 1. The normalized spacial score (nSPS) is 19.3. The van der Waals surface area contributed by atoms with Crippen LogP contribution in [0.1, 0.15) is 12.0 Å². The average Bonchev–Trinajstić information content (AvgIpc) is 2.64. The van der Waals surface area contributed by atoms with Crippen LogP contribution >= 0.6 is 0 Å². The van der Waals surface area contributed by atoms with Gasteiger partial charge < -0.3 is 4.84 Å². The zero-order valence-corrected chi connectivity index (χ0v) is 7.58. The Morgan fingerprint density at radius 1 is 1.33 bits per heavy atom. The van der Waals surface area contributed by atoms with Crippen LogP contribution in [-0.4, -0.2) is 11.8 Å². The highest BCUT2D eigenvalue weighted by Gasteiger charge is 2.22. The Morgan fingerprint density at radius 2 is 2.00 bits per heavy atom. The zero-order valence-electron chi connectivity index (χ0n) is 7.58. The molecule has 1 heterocycles. The van der Waals surface area contributed by atoms with Gasteiger partial charge in [-0.05, 0) is 12.1 Å². The van der Waals surface area contributed by atoms with E-state index in [0.29, 0.717) is 11.3 Å². The van der Waals surface area contributed by atoms with E-state index in [0.717, 1.165) is 18.2 Å². The van der Waals surface area contributed by atoms with Crippen LogP contribution in [0.4, 0.5) is 8.78 Å². The first-order valence-electron chi connectivity index (χ1n) is 4.28. The Balaban J connectivity index is 2.28. The summed E-state index contributed by atoms with van der Waals surface area (Å²) in [4.78, 5) is 4.73. The van der Waals surface area contributed by atoms with Crippen molar-refractivity contribution >= 4 is 5.71 Å². The molecule has 1 aliphatic heterocycles. The Hall–Kier alpha value is -1.96. The molecule has 0 aliphatic carbocycles. The highest BCUT2D eigenvalue weighted by Crippen LogP contribution is 2.17. The van der Waals surface area contributed by atoms with Gasteiger partial charge >= 0.3 is 0 Å². The van der Waals surface area contributed by atoms with E-state index in [1.807, 2.05) is 6.07 Å². The second kappa shape index (κ2) is 3.65. The molecule has 15 heavy (non-hydrogen) atoms. The van der Waals surface area contributed by atoms with Gasteiger partial charge in [-0.1, -0.05) is 5.16 Å². The number of halogens is 2. The van der Waals surface area contributed by atoms with Crippen LogP contribution in [0.3, 0.4) is 0 Å². The Morgan fingerprint density at radius 3 is 2.53 bits per heavy atom. The molecule has 0 radical (unpaired) electrons. The van der Waals surface area contributed by atoms with Gasteiger partial charge in [-0.15, -0.1) is 0 Å². The molecule has 1 unspecified atom stereocenters. The van der Waals surface area contributed by atoms with Gasteiger partial charge in [0.2, 0.25) is 6.10 Å². The molecule has 3 nitrogen and oxygen atoms in total. The summed E-state index contributed by atoms with van der Waals surface area (Å²) in [5.41, 5.74) is 0.699. The van der Waals surface area contributed by atoms with Gasteiger partial charge in [-0.3, -0.25) is 0 Å². The molecule has 1 atom stereocenters. The topological polar surface area (TPSA) is 45.4 Å². The fourth-order valence-electron chi connectivity index (χ4n) is 1.34. The molecule has 0 amide bonds. The standard InChI is InChI=1S/C10H6F2N2O/c11-7-1-6(2-8(12)3-7)10-4-9(5-13)15-14-10/h1-3,9H,4H2. The highest BCUT2D eigenvalue weighted by molar-refractivity contribution is 6.01. The van der Waals surface area contributed by atoms with E-state index in [1.54, 1.807) is 0 Å². The summed E-state index contributed by atoms with van der Waals surface area (Å²) in [7, 11) is 0. The predicted octanol–water partition coefficient (Wildman–Crippen LogP) is 1.98. The fraction of sp³-hybridized carbons (Fsp3) is 0.200. The maximum atomic E-state index is 12.9. The van der Waals surface area contributed by atoms with Crippen LogP contribution in [0.25, 0.3) is 0 Å². The molecule has 2 rings (SSSR count). The summed E-state index contributed by atoms with van der Waals surface area (Å²) in [6.45, 7) is 0. The minimum atomic E-state index is -0.673. The molecule has 0 N–H and O–H groups in total. The van der Waals surface area contributed by atoms with Crippen molar-refractivity contribution in [2.75, 3.05) is 0 Å². The monoisotopic (exact) mass is 208 g/mol. The lowest BCUT2D eigenvalue weighted by molar-refractivity contribution is 0.125. The lowest BCUT2D eigenvalue weighted by atomic mass is 10.1. The second-order valence-corrected chi connectivity index (χ2v) is 3.12. The van der Waals surface area contributed by atoms with Crippen molar-refractivity contribution in [3.63, 3.8) is 0 Å². The third kappa shape index (κ3) is 1.94. The second-order valence-electron chi connectivity index (χ2n) is 3.12. The van der Waals surface area contributed by atoms with Crippen LogP contribution < -0.4 is 0 Å². The van der Waals surface area contributed by atoms with Crippen molar-refractivity contribution in [3.8, 4) is 6.07 Å². The molecule has 0 fully saturated rings. The zero-order chi connectivity index (χ0) is 10.8. The van der Waals surface area contributed by atoms with Crippen molar-refractivity contribution in [2.24, 2.45) is 5.16 Å². The van der Waals surface area contributed by atoms with Crippen LogP contribution in [0, 0.1) is 23.0 Å². The Labute approximate surface area is 84.6 Å². The van der Waals surface area contributed by atoms with Crippen LogP contribution in [0.2, 0.25) is 0 Å². The van der Waals surface area contributed by atoms with Gasteiger partial charge in [0.05, 0.1) is 5.71 Å². The number of hydrogen-bond acceptors (Lipinski definition) is 3. The van der Waals surface area contributed by atoms with Crippen molar-refractivity contribution in [2.45, 2.75) is 12.5 Å². The van der Waals surface area contributed by atoms with Crippen molar-refractivity contribution in [3.05, 3.63) is 35.4 Å². The molecule has 1 aromatic carbocycles. The van der Waals surface area contributed by atoms with Crippen LogP contribution in [0.5, 0.6) is 0 Å². The first-order valence-corrected chi connectivity index (χ1v) is 4.28. The van der Waals surface area contributed by atoms with Gasteiger partial charge in [0, 0.05) is 18.1 Å². The molecule has 0 aromatic heterocycles. The van der Waals surface area contributed by atoms with Gasteiger partial charge in [-0.25, -0.2) is 8.78 Å². The van der Waals surface area contributed by atoms with Gasteiger partial charge in [0.1, 0.15) is 17.7 Å². The van der Waals surface area contributed by atoms with Gasteiger partial charge in [0.25, 0.3) is 0 Å². The van der Waals surface area contributed by atoms with E-state index in [2.05, 4.69) is 5.16 Å². The molecule has 76 valence electrons. The van der Waals surface area contributed by atoms with E-state index in [4.69, 9.17) is 10.1 Å². The van der Waals surface area contributed by atoms with Gasteiger partial charge in [0.15, 0.2) is 0 Å². The molecular formula is C10H6F2N2O. The molecule has 0 saturated carbocycles. The van der Waals surface area contributed by atoms with E-state index in [9.17, 15) is 8.78 Å². The van der Waals surface area contributed by atoms with E-state index < -0.39 is 17.7 Å². The van der Waals surface area contributed by atoms with Crippen molar-refractivity contribution in [1.29, 1.82) is 5.26 Å². The summed E-state index contributed by atoms with van der Waals surface area (Å²) in [6, 6.07) is 4.96. The van der Waals surface area contributed by atoms with E-state index in [-0.39, 0.29) is 6.42 Å². The first kappa shape index (κ1) is 9.59. The minimum absolute atomic E-state index is 0.249. The van der Waals surface area contributed by atoms with E-state index >= 15 is 0 Å². The fourth-order valence-corrected chi connectivity index (χ4v) is 1.34. The third-order valence-corrected chi connectivity index (χ3v) is 2.01. The Bertz CT molecular complexity index is 445. The van der Waals surface area contributed by atoms with E-state index in [1.165, 1.54) is 0 Å². The lowest BCUT2D eigenvalue weighted by Crippen LogP contribution is -2.05. The molecule has 0 saturated heterocycles. The SMILES string of the molecule is N#CC1CC(c2cc(F)cc(F)c2)=NO1. The molecule has 5 heteroatoms. The smallest absolute Gasteiger partial charge is 0.218 e. The number of nitrogens with zero attached hydrogens (tertiary/aromatic N) is 2. The number of benzene rings is 1. The summed E-state index contributed by atoms with van der Waals surface area (Å²) in [6.07, 6.45) is -0.411. The lowest BCUT2D eigenvalue weighted by Gasteiger charge is -1.99. The summed E-state index contributed by atoms with van der Waals surface area (Å²) >= 11 is 0. The van der Waals surface area contributed by atoms with Crippen LogP contribution in [0.15, 0.2) is 23.4 Å². The third-order valence-electron chi connectivity index (χ3n) is 2.01. The van der Waals surface area contributed by atoms with Crippen molar-refractivity contribution in [1.82, 2.24) is 0 Å². The summed E-state index contributed by atoms with van der Waals surface area (Å²) in [5.74, 6) is -1.35. The molecule has 0 bridgehead atoms. The summed E-state index contributed by atoms with van der Waals surface area (Å²) < 4.78 is 25.7. The largest absolute Gasteiger partial charge is 0.376 e. The summed E-state index contributed by atoms with van der Waals surface area (Å²) in [5, 5.41) is 12.1. The molecule has 0 spiro atoms.